The van der Waals surface area contributed by atoms with E-state index in [0.29, 0.717) is 12.6 Å². The largest absolute Gasteiger partial charge is 0.487 e. The quantitative estimate of drug-likeness (QED) is 0.909. The third-order valence-electron chi connectivity index (χ3n) is 3.68. The Morgan fingerprint density at radius 1 is 1.45 bits per heavy atom. The molecule has 0 spiro atoms. The molecule has 20 heavy (non-hydrogen) atoms. The molecular formula is C16H20N2O2. The number of ether oxygens (including phenoxy) is 1. The number of aryl methyl sites for hydroxylation is 1. The van der Waals surface area contributed by atoms with Gasteiger partial charge in [0.2, 0.25) is 0 Å². The number of aliphatic hydroxyl groups excluding tert-OH is 1. The van der Waals surface area contributed by atoms with Crippen LogP contribution in [0.3, 0.4) is 0 Å². The van der Waals surface area contributed by atoms with Gasteiger partial charge in [0, 0.05) is 11.6 Å². The number of rotatable bonds is 5. The van der Waals surface area contributed by atoms with E-state index < -0.39 is 6.10 Å². The number of imidazole rings is 1. The van der Waals surface area contributed by atoms with Gasteiger partial charge in [-0.25, -0.2) is 4.98 Å². The van der Waals surface area contributed by atoms with Gasteiger partial charge in [0.25, 0.3) is 0 Å². The molecular weight excluding hydrogens is 252 g/mol. The molecule has 1 saturated carbocycles. The molecule has 4 nitrogen and oxygen atoms in total. The fourth-order valence-electron chi connectivity index (χ4n) is 2.40. The van der Waals surface area contributed by atoms with Gasteiger partial charge in [0.15, 0.2) is 0 Å². The van der Waals surface area contributed by atoms with Crippen molar-refractivity contribution in [2.24, 2.45) is 0 Å². The summed E-state index contributed by atoms with van der Waals surface area (Å²) in [5, 5.41) is 9.84. The first kappa shape index (κ1) is 13.2. The molecule has 1 aliphatic carbocycles. The van der Waals surface area contributed by atoms with E-state index in [1.165, 1.54) is 12.8 Å². The van der Waals surface area contributed by atoms with E-state index in [2.05, 4.69) is 9.55 Å². The minimum atomic E-state index is -0.529. The molecule has 1 fully saturated rings. The lowest BCUT2D eigenvalue weighted by molar-refractivity contribution is 0.189. The van der Waals surface area contributed by atoms with E-state index in [9.17, 15) is 5.11 Å². The molecule has 0 radical (unpaired) electrons. The van der Waals surface area contributed by atoms with Crippen molar-refractivity contribution < 1.29 is 9.84 Å². The smallest absolute Gasteiger partial charge is 0.130 e. The summed E-state index contributed by atoms with van der Waals surface area (Å²) in [5.74, 6) is 0.745. The van der Waals surface area contributed by atoms with Gasteiger partial charge in [-0.2, -0.15) is 0 Å². The van der Waals surface area contributed by atoms with Crippen LogP contribution in [-0.2, 0) is 6.61 Å². The molecule has 1 aromatic carbocycles. The number of benzene rings is 1. The summed E-state index contributed by atoms with van der Waals surface area (Å²) in [6.07, 6.45) is 5.66. The van der Waals surface area contributed by atoms with Gasteiger partial charge in [-0.05, 0) is 38.8 Å². The third-order valence-corrected chi connectivity index (χ3v) is 3.68. The standard InChI is InChI=1S/C16H20N2O2/c1-11-3-6-16(15(7-11)12(2)19)20-9-14-8-17-10-18(14)13-4-5-13/h3,6-8,10,12-13,19H,4-5,9H2,1-2H3/t12-/m0/s1. The third kappa shape index (κ3) is 2.70. The molecule has 2 aromatic rings. The van der Waals surface area contributed by atoms with Crippen molar-refractivity contribution in [3.63, 3.8) is 0 Å². The minimum absolute atomic E-state index is 0.485. The number of aromatic nitrogens is 2. The van der Waals surface area contributed by atoms with Crippen molar-refractivity contribution in [2.75, 3.05) is 0 Å². The van der Waals surface area contributed by atoms with E-state index in [0.717, 1.165) is 22.6 Å². The monoisotopic (exact) mass is 272 g/mol. The maximum absolute atomic E-state index is 9.84. The Morgan fingerprint density at radius 3 is 2.95 bits per heavy atom. The molecule has 1 atom stereocenters. The molecule has 106 valence electrons. The second-order valence-electron chi connectivity index (χ2n) is 5.53. The SMILES string of the molecule is Cc1ccc(OCc2cncn2C2CC2)c([C@H](C)O)c1. The van der Waals surface area contributed by atoms with Crippen LogP contribution in [0.1, 0.15) is 48.7 Å². The molecule has 1 aliphatic rings. The highest BCUT2D eigenvalue weighted by atomic mass is 16.5. The van der Waals surface area contributed by atoms with Gasteiger partial charge < -0.3 is 14.4 Å². The van der Waals surface area contributed by atoms with Gasteiger partial charge in [-0.15, -0.1) is 0 Å². The topological polar surface area (TPSA) is 47.3 Å². The number of aliphatic hydroxyl groups is 1. The van der Waals surface area contributed by atoms with Crippen molar-refractivity contribution in [2.45, 2.75) is 45.4 Å². The maximum atomic E-state index is 9.84. The predicted molar refractivity (Wildman–Crippen MR) is 76.6 cm³/mol. The molecule has 0 amide bonds. The number of hydrogen-bond donors (Lipinski definition) is 1. The highest BCUT2D eigenvalue weighted by molar-refractivity contribution is 5.38. The Bertz CT molecular complexity index is 600. The van der Waals surface area contributed by atoms with Crippen LogP contribution in [0.4, 0.5) is 0 Å². The van der Waals surface area contributed by atoms with Crippen molar-refractivity contribution in [3.8, 4) is 5.75 Å². The zero-order valence-corrected chi connectivity index (χ0v) is 11.9. The molecule has 4 heteroatoms. The minimum Gasteiger partial charge on any atom is -0.487 e. The first-order valence-electron chi connectivity index (χ1n) is 7.07. The first-order chi connectivity index (χ1) is 9.65. The van der Waals surface area contributed by atoms with Crippen LogP contribution in [0.15, 0.2) is 30.7 Å². The molecule has 3 rings (SSSR count). The number of nitrogens with zero attached hydrogens (tertiary/aromatic N) is 2. The van der Waals surface area contributed by atoms with Crippen LogP contribution in [0.2, 0.25) is 0 Å². The van der Waals surface area contributed by atoms with Crippen LogP contribution in [0.5, 0.6) is 5.75 Å². The summed E-state index contributed by atoms with van der Waals surface area (Å²) < 4.78 is 8.09. The second-order valence-corrected chi connectivity index (χ2v) is 5.53. The molecule has 1 N–H and O–H groups in total. The molecule has 1 heterocycles. The fraction of sp³-hybridized carbons (Fsp3) is 0.438. The first-order valence-corrected chi connectivity index (χ1v) is 7.07. The average Bonchev–Trinajstić information content (AvgIpc) is 3.16. The summed E-state index contributed by atoms with van der Waals surface area (Å²) in [4.78, 5) is 4.20. The Labute approximate surface area is 119 Å². The Morgan fingerprint density at radius 2 is 2.25 bits per heavy atom. The van der Waals surface area contributed by atoms with E-state index in [-0.39, 0.29) is 0 Å². The zero-order chi connectivity index (χ0) is 14.1. The molecule has 0 aliphatic heterocycles. The normalized spacial score (nSPS) is 16.1. The summed E-state index contributed by atoms with van der Waals surface area (Å²) in [7, 11) is 0. The summed E-state index contributed by atoms with van der Waals surface area (Å²) in [6.45, 7) is 4.26. The zero-order valence-electron chi connectivity index (χ0n) is 11.9. The molecule has 1 aromatic heterocycles. The number of hydrogen-bond acceptors (Lipinski definition) is 3. The van der Waals surface area contributed by atoms with Crippen LogP contribution >= 0.6 is 0 Å². The summed E-state index contributed by atoms with van der Waals surface area (Å²) >= 11 is 0. The van der Waals surface area contributed by atoms with E-state index in [1.807, 2.05) is 37.6 Å². The van der Waals surface area contributed by atoms with Crippen molar-refractivity contribution in [1.82, 2.24) is 9.55 Å². The summed E-state index contributed by atoms with van der Waals surface area (Å²) in [5.41, 5.74) is 3.04. The lowest BCUT2D eigenvalue weighted by atomic mass is 10.1. The van der Waals surface area contributed by atoms with Gasteiger partial charge >= 0.3 is 0 Å². The lowest BCUT2D eigenvalue weighted by Gasteiger charge is -2.15. The Hall–Kier alpha value is -1.81. The highest BCUT2D eigenvalue weighted by Gasteiger charge is 2.25. The average molecular weight is 272 g/mol. The van der Waals surface area contributed by atoms with Crippen molar-refractivity contribution in [1.29, 1.82) is 0 Å². The predicted octanol–water partition coefficient (Wildman–Crippen LogP) is 3.16. The van der Waals surface area contributed by atoms with Gasteiger partial charge in [-0.3, -0.25) is 0 Å². The van der Waals surface area contributed by atoms with Crippen molar-refractivity contribution >= 4 is 0 Å². The van der Waals surface area contributed by atoms with Gasteiger partial charge in [0.1, 0.15) is 12.4 Å². The van der Waals surface area contributed by atoms with Gasteiger partial charge in [0.05, 0.1) is 24.3 Å². The summed E-state index contributed by atoms with van der Waals surface area (Å²) in [6, 6.07) is 6.50. The van der Waals surface area contributed by atoms with Crippen molar-refractivity contribution in [3.05, 3.63) is 47.5 Å². The maximum Gasteiger partial charge on any atom is 0.130 e. The Kier molecular flexibility index (Phi) is 3.49. The van der Waals surface area contributed by atoms with E-state index in [4.69, 9.17) is 4.74 Å². The highest BCUT2D eigenvalue weighted by Crippen LogP contribution is 2.36. The van der Waals surface area contributed by atoms with Crippen LogP contribution in [0.25, 0.3) is 0 Å². The molecule has 0 bridgehead atoms. The molecule has 0 unspecified atom stereocenters. The van der Waals surface area contributed by atoms with Crippen LogP contribution < -0.4 is 4.74 Å². The molecule has 0 saturated heterocycles. The van der Waals surface area contributed by atoms with E-state index >= 15 is 0 Å². The second kappa shape index (κ2) is 5.29. The van der Waals surface area contributed by atoms with Crippen LogP contribution in [-0.4, -0.2) is 14.7 Å². The lowest BCUT2D eigenvalue weighted by Crippen LogP contribution is -2.06. The van der Waals surface area contributed by atoms with Gasteiger partial charge in [-0.1, -0.05) is 11.6 Å². The van der Waals surface area contributed by atoms with Crippen LogP contribution in [0, 0.1) is 6.92 Å². The fourth-order valence-corrected chi connectivity index (χ4v) is 2.40. The van der Waals surface area contributed by atoms with E-state index in [1.54, 1.807) is 6.92 Å². The Balaban J connectivity index is 1.76.